The van der Waals surface area contributed by atoms with Crippen molar-refractivity contribution >= 4 is 33.3 Å². The zero-order chi connectivity index (χ0) is 23.5. The highest BCUT2D eigenvalue weighted by atomic mass is 35.5. The number of carbonyl (C=O) groups is 2. The summed E-state index contributed by atoms with van der Waals surface area (Å²) in [5.74, 6) is -1.20. The average Bonchev–Trinajstić information content (AvgIpc) is 3.22. The highest BCUT2D eigenvalue weighted by Crippen LogP contribution is 2.35. The standard InChI is InChI=1S/C22H29ClFN3O4S/c1-15(7-12-32(2,30)31)26-21(29)22(24)8-10-27(11-9-22)20(28)18-14-25-13-17(18)16-5-3-4-6-19(16)23/h3-7,12,15,17-18,25H,8-11,13-14H2,1-2H3,(H,26,29)/b12-7-/t15-,17+,18+/m1/s1. The van der Waals surface area contributed by atoms with Gasteiger partial charge in [-0.15, -0.1) is 0 Å². The van der Waals surface area contributed by atoms with E-state index in [9.17, 15) is 18.0 Å². The number of hydrogen-bond donors (Lipinski definition) is 2. The highest BCUT2D eigenvalue weighted by Gasteiger charge is 2.45. The number of rotatable bonds is 6. The number of hydrogen-bond acceptors (Lipinski definition) is 5. The Balaban J connectivity index is 1.59. The number of carbonyl (C=O) groups excluding carboxylic acids is 2. The molecule has 2 amide bonds. The van der Waals surface area contributed by atoms with Gasteiger partial charge in [-0.1, -0.05) is 35.9 Å². The SMILES string of the molecule is C[C@H](/C=C\S(C)(=O)=O)NC(=O)C1(F)CCN(C(=O)[C@H]2CNC[C@H]2c2ccccc2Cl)CC1. The van der Waals surface area contributed by atoms with Crippen LogP contribution in [-0.4, -0.2) is 69.3 Å². The van der Waals surface area contributed by atoms with Crippen LogP contribution < -0.4 is 10.6 Å². The molecular weight excluding hydrogens is 457 g/mol. The Morgan fingerprint density at radius 1 is 1.28 bits per heavy atom. The van der Waals surface area contributed by atoms with E-state index >= 15 is 4.39 Å². The van der Waals surface area contributed by atoms with Crippen LogP contribution in [0.4, 0.5) is 4.39 Å². The van der Waals surface area contributed by atoms with E-state index in [-0.39, 0.29) is 43.7 Å². The normalized spacial score (nSPS) is 24.4. The molecule has 2 aliphatic heterocycles. The molecule has 0 unspecified atom stereocenters. The molecule has 0 aromatic heterocycles. The van der Waals surface area contributed by atoms with Crippen molar-refractivity contribution in [3.05, 3.63) is 46.3 Å². The topological polar surface area (TPSA) is 95.6 Å². The maximum Gasteiger partial charge on any atom is 0.258 e. The quantitative estimate of drug-likeness (QED) is 0.643. The third kappa shape index (κ3) is 5.88. The van der Waals surface area contributed by atoms with Gasteiger partial charge in [-0.3, -0.25) is 9.59 Å². The Bertz CT molecular complexity index is 993. The fourth-order valence-corrected chi connectivity index (χ4v) is 5.03. The molecule has 1 aromatic rings. The Hall–Kier alpha value is -1.97. The van der Waals surface area contributed by atoms with E-state index in [1.165, 1.54) is 6.08 Å². The fourth-order valence-electron chi connectivity index (χ4n) is 4.23. The van der Waals surface area contributed by atoms with Gasteiger partial charge in [0.2, 0.25) is 5.91 Å². The Morgan fingerprint density at radius 2 is 1.94 bits per heavy atom. The smallest absolute Gasteiger partial charge is 0.258 e. The first-order valence-corrected chi connectivity index (χ1v) is 13.0. The predicted molar refractivity (Wildman–Crippen MR) is 122 cm³/mol. The summed E-state index contributed by atoms with van der Waals surface area (Å²) >= 11 is 6.34. The summed E-state index contributed by atoms with van der Waals surface area (Å²) in [4.78, 5) is 27.3. The van der Waals surface area contributed by atoms with E-state index < -0.39 is 27.5 Å². The van der Waals surface area contributed by atoms with Gasteiger partial charge in [-0.2, -0.15) is 0 Å². The molecule has 7 nitrogen and oxygen atoms in total. The van der Waals surface area contributed by atoms with Gasteiger partial charge in [0, 0.05) is 67.7 Å². The second-order valence-corrected chi connectivity index (χ2v) is 10.9. The lowest BCUT2D eigenvalue weighted by atomic mass is 9.86. The molecule has 3 rings (SSSR count). The number of amides is 2. The van der Waals surface area contributed by atoms with E-state index in [0.29, 0.717) is 18.1 Å². The van der Waals surface area contributed by atoms with Gasteiger partial charge >= 0.3 is 0 Å². The lowest BCUT2D eigenvalue weighted by Gasteiger charge is -2.37. The van der Waals surface area contributed by atoms with Crippen LogP contribution in [0.25, 0.3) is 0 Å². The van der Waals surface area contributed by atoms with E-state index in [1.807, 2.05) is 18.2 Å². The number of piperidine rings is 1. The summed E-state index contributed by atoms with van der Waals surface area (Å²) in [6, 6.07) is 6.83. The van der Waals surface area contributed by atoms with Crippen LogP contribution in [0.15, 0.2) is 35.7 Å². The summed E-state index contributed by atoms with van der Waals surface area (Å²) in [7, 11) is -3.33. The van der Waals surface area contributed by atoms with Crippen LogP contribution in [0.5, 0.6) is 0 Å². The van der Waals surface area contributed by atoms with E-state index in [4.69, 9.17) is 11.6 Å². The highest BCUT2D eigenvalue weighted by molar-refractivity contribution is 7.93. The van der Waals surface area contributed by atoms with Crippen molar-refractivity contribution < 1.29 is 22.4 Å². The molecular formula is C22H29ClFN3O4S. The van der Waals surface area contributed by atoms with Gasteiger partial charge < -0.3 is 15.5 Å². The van der Waals surface area contributed by atoms with Gasteiger partial charge in [0.15, 0.2) is 15.5 Å². The maximum atomic E-state index is 15.3. The van der Waals surface area contributed by atoms with Crippen molar-refractivity contribution in [3.8, 4) is 0 Å². The van der Waals surface area contributed by atoms with E-state index in [0.717, 1.165) is 17.2 Å². The van der Waals surface area contributed by atoms with Crippen LogP contribution in [0, 0.1) is 5.92 Å². The number of nitrogens with zero attached hydrogens (tertiary/aromatic N) is 1. The number of halogens is 2. The minimum absolute atomic E-state index is 0.0564. The van der Waals surface area contributed by atoms with Crippen LogP contribution in [0.2, 0.25) is 5.02 Å². The molecule has 2 heterocycles. The molecule has 0 spiro atoms. The second kappa shape index (κ2) is 9.89. The third-order valence-electron chi connectivity index (χ3n) is 6.08. The lowest BCUT2D eigenvalue weighted by molar-refractivity contribution is -0.144. The number of nitrogens with one attached hydrogen (secondary N) is 2. The molecule has 0 radical (unpaired) electrons. The summed E-state index contributed by atoms with van der Waals surface area (Å²) < 4.78 is 37.7. The minimum atomic E-state index is -3.33. The first-order valence-electron chi connectivity index (χ1n) is 10.6. The largest absolute Gasteiger partial charge is 0.347 e. The van der Waals surface area contributed by atoms with Crippen LogP contribution in [0.1, 0.15) is 31.2 Å². The predicted octanol–water partition coefficient (Wildman–Crippen LogP) is 2.04. The van der Waals surface area contributed by atoms with Gasteiger partial charge in [0.25, 0.3) is 5.91 Å². The molecule has 1 aromatic carbocycles. The van der Waals surface area contributed by atoms with Gasteiger partial charge in [-0.05, 0) is 18.6 Å². The average molecular weight is 486 g/mol. The van der Waals surface area contributed by atoms with Crippen LogP contribution in [0.3, 0.4) is 0 Å². The van der Waals surface area contributed by atoms with Crippen molar-refractivity contribution in [3.63, 3.8) is 0 Å². The molecule has 176 valence electrons. The summed E-state index contributed by atoms with van der Waals surface area (Å²) in [6.45, 7) is 3.02. The van der Waals surface area contributed by atoms with E-state index in [2.05, 4.69) is 10.6 Å². The molecule has 2 fully saturated rings. The van der Waals surface area contributed by atoms with Crippen LogP contribution in [-0.2, 0) is 19.4 Å². The maximum absolute atomic E-state index is 15.3. The number of sulfone groups is 1. The van der Waals surface area contributed by atoms with Gasteiger partial charge in [-0.25, -0.2) is 12.8 Å². The third-order valence-corrected chi connectivity index (χ3v) is 7.08. The van der Waals surface area contributed by atoms with Gasteiger partial charge in [0.05, 0.1) is 5.92 Å². The Labute approximate surface area is 193 Å². The molecule has 0 bridgehead atoms. The molecule has 3 atom stereocenters. The first kappa shape index (κ1) is 24.7. The summed E-state index contributed by atoms with van der Waals surface area (Å²) in [5, 5.41) is 7.36. The van der Waals surface area contributed by atoms with Crippen molar-refractivity contribution in [2.24, 2.45) is 5.92 Å². The zero-order valence-corrected chi connectivity index (χ0v) is 19.8. The Kier molecular flexibility index (Phi) is 7.62. The second-order valence-electron chi connectivity index (χ2n) is 8.60. The molecule has 2 saturated heterocycles. The monoisotopic (exact) mass is 485 g/mol. The molecule has 0 aliphatic carbocycles. The number of likely N-dealkylation sites (tertiary alicyclic amines) is 1. The first-order chi connectivity index (χ1) is 15.0. The van der Waals surface area contributed by atoms with E-state index in [1.54, 1.807) is 17.9 Å². The van der Waals surface area contributed by atoms with Gasteiger partial charge in [0.1, 0.15) is 0 Å². The molecule has 2 aliphatic rings. The van der Waals surface area contributed by atoms with Crippen LogP contribution >= 0.6 is 11.6 Å². The number of alkyl halides is 1. The van der Waals surface area contributed by atoms with Crippen molar-refractivity contribution in [2.45, 2.75) is 37.4 Å². The Morgan fingerprint density at radius 3 is 2.56 bits per heavy atom. The minimum Gasteiger partial charge on any atom is -0.347 e. The zero-order valence-electron chi connectivity index (χ0n) is 18.2. The molecule has 0 saturated carbocycles. The van der Waals surface area contributed by atoms with Crippen molar-refractivity contribution in [2.75, 3.05) is 32.4 Å². The van der Waals surface area contributed by atoms with Crippen molar-refractivity contribution in [1.82, 2.24) is 15.5 Å². The molecule has 10 heteroatoms. The van der Waals surface area contributed by atoms with Crippen molar-refractivity contribution in [1.29, 1.82) is 0 Å². The summed E-state index contributed by atoms with van der Waals surface area (Å²) in [5.41, 5.74) is -1.18. The fraction of sp³-hybridized carbons (Fsp3) is 0.545. The molecule has 2 N–H and O–H groups in total. The number of benzene rings is 1. The molecule has 32 heavy (non-hydrogen) atoms. The lowest BCUT2D eigenvalue weighted by Crippen LogP contribution is -2.54. The summed E-state index contributed by atoms with van der Waals surface area (Å²) in [6.07, 6.45) is 2.13.